The molecule has 0 aromatic heterocycles. The van der Waals surface area contributed by atoms with Crippen LogP contribution in [0.25, 0.3) is 0 Å². The number of hydrogen-bond donors (Lipinski definition) is 2. The van der Waals surface area contributed by atoms with E-state index in [4.69, 9.17) is 9.47 Å². The molecule has 1 aromatic carbocycles. The van der Waals surface area contributed by atoms with Crippen LogP contribution in [0.2, 0.25) is 0 Å². The van der Waals surface area contributed by atoms with Gasteiger partial charge in [-0.2, -0.15) is 0 Å². The van der Waals surface area contributed by atoms with Crippen LogP contribution in [-0.4, -0.2) is 30.5 Å². The van der Waals surface area contributed by atoms with Crippen LogP contribution in [0, 0.1) is 10.7 Å². The van der Waals surface area contributed by atoms with Crippen LogP contribution in [0.3, 0.4) is 0 Å². The number of hydrogen-bond acceptors (Lipinski definition) is 4. The van der Waals surface area contributed by atoms with E-state index in [0.29, 0.717) is 0 Å². The number of benzene rings is 1. The quantitative estimate of drug-likeness (QED) is 0.727. The summed E-state index contributed by atoms with van der Waals surface area (Å²) in [5, 5.41) is 11.1. The summed E-state index contributed by atoms with van der Waals surface area (Å²) in [5.74, 6) is -0.438. The zero-order chi connectivity index (χ0) is 11.5. The lowest BCUT2D eigenvalue weighted by atomic mass is 10.2. The van der Waals surface area contributed by atoms with E-state index in [1.165, 1.54) is 6.07 Å². The largest absolute Gasteiger partial charge is 0.478 e. The Kier molecular flexibility index (Phi) is 3.12. The molecule has 0 amide bonds. The number of rotatable bonds is 3. The molecule has 1 fully saturated rings. The number of nitrogens with one attached hydrogen (secondary N) is 1. The normalized spacial score (nSPS) is 24.4. The SMILES string of the molecule is O=[NH+]c1ccc(F)cc1O[C@@H]1COC[C@@H]1O. The first kappa shape index (κ1) is 11.0. The lowest BCUT2D eigenvalue weighted by molar-refractivity contribution is -0.380. The van der Waals surface area contributed by atoms with Gasteiger partial charge in [0.15, 0.2) is 11.9 Å². The Hall–Kier alpha value is -1.53. The van der Waals surface area contributed by atoms with E-state index < -0.39 is 18.0 Å². The Morgan fingerprint density at radius 1 is 1.50 bits per heavy atom. The second-order valence-electron chi connectivity index (χ2n) is 3.50. The van der Waals surface area contributed by atoms with E-state index in [0.717, 1.165) is 12.1 Å². The highest BCUT2D eigenvalue weighted by molar-refractivity contribution is 5.45. The maximum Gasteiger partial charge on any atom is 0.295 e. The third-order valence-electron chi connectivity index (χ3n) is 2.33. The van der Waals surface area contributed by atoms with Crippen molar-refractivity contribution < 1.29 is 24.1 Å². The van der Waals surface area contributed by atoms with Crippen LogP contribution >= 0.6 is 0 Å². The fourth-order valence-electron chi connectivity index (χ4n) is 1.48. The summed E-state index contributed by atoms with van der Waals surface area (Å²) in [5.41, 5.74) is 0.125. The minimum atomic E-state index is -0.761. The van der Waals surface area contributed by atoms with Crippen molar-refractivity contribution in [2.75, 3.05) is 13.2 Å². The smallest absolute Gasteiger partial charge is 0.295 e. The van der Waals surface area contributed by atoms with E-state index in [2.05, 4.69) is 0 Å². The summed E-state index contributed by atoms with van der Waals surface area (Å²) in [6, 6.07) is 3.51. The Morgan fingerprint density at radius 3 is 2.94 bits per heavy atom. The fourth-order valence-corrected chi connectivity index (χ4v) is 1.48. The molecule has 0 aliphatic carbocycles. The molecule has 86 valence electrons. The molecule has 2 N–H and O–H groups in total. The van der Waals surface area contributed by atoms with Crippen molar-refractivity contribution in [2.24, 2.45) is 0 Å². The molecule has 2 rings (SSSR count). The zero-order valence-electron chi connectivity index (χ0n) is 8.35. The van der Waals surface area contributed by atoms with Crippen molar-refractivity contribution >= 4 is 5.69 Å². The number of halogens is 1. The lowest BCUT2D eigenvalue weighted by Crippen LogP contribution is -2.56. The van der Waals surface area contributed by atoms with Gasteiger partial charge in [0.25, 0.3) is 5.69 Å². The zero-order valence-corrected chi connectivity index (χ0v) is 8.35. The monoisotopic (exact) mass is 228 g/mol. The fraction of sp³-hybridized carbons (Fsp3) is 0.400. The number of aliphatic hydroxyl groups is 1. The van der Waals surface area contributed by atoms with E-state index in [9.17, 15) is 14.4 Å². The maximum absolute atomic E-state index is 13.0. The Bertz CT molecular complexity index is 398. The summed E-state index contributed by atoms with van der Waals surface area (Å²) in [4.78, 5) is 10.6. The number of aliphatic hydroxyl groups excluding tert-OH is 1. The third-order valence-corrected chi connectivity index (χ3v) is 2.33. The Morgan fingerprint density at radius 2 is 2.31 bits per heavy atom. The molecular weight excluding hydrogens is 217 g/mol. The van der Waals surface area contributed by atoms with Crippen LogP contribution in [-0.2, 0) is 4.74 Å². The molecule has 0 saturated carbocycles. The summed E-state index contributed by atoms with van der Waals surface area (Å²) in [6.07, 6.45) is -1.34. The molecule has 1 saturated heterocycles. The van der Waals surface area contributed by atoms with Gasteiger partial charge in [0.1, 0.15) is 11.9 Å². The van der Waals surface area contributed by atoms with Crippen LogP contribution in [0.5, 0.6) is 5.75 Å². The molecule has 5 nitrogen and oxygen atoms in total. The van der Waals surface area contributed by atoms with E-state index in [-0.39, 0.29) is 24.7 Å². The molecule has 1 heterocycles. The molecule has 1 aliphatic rings. The molecule has 0 radical (unpaired) electrons. The minimum Gasteiger partial charge on any atom is -0.478 e. The van der Waals surface area contributed by atoms with Gasteiger partial charge in [0.05, 0.1) is 13.2 Å². The highest BCUT2D eigenvalue weighted by Crippen LogP contribution is 2.24. The van der Waals surface area contributed by atoms with Gasteiger partial charge in [0.2, 0.25) is 0 Å². The molecule has 0 spiro atoms. The average Bonchev–Trinajstić information content (AvgIpc) is 2.65. The van der Waals surface area contributed by atoms with E-state index >= 15 is 0 Å². The molecule has 1 aliphatic heterocycles. The van der Waals surface area contributed by atoms with Gasteiger partial charge in [0, 0.05) is 22.2 Å². The maximum atomic E-state index is 13.0. The van der Waals surface area contributed by atoms with Crippen molar-refractivity contribution in [3.63, 3.8) is 0 Å². The molecule has 0 unspecified atom stereocenters. The van der Waals surface area contributed by atoms with Gasteiger partial charge in [-0.15, -0.1) is 0 Å². The predicted octanol–water partition coefficient (Wildman–Crippen LogP) is -0.557. The topological polar surface area (TPSA) is 69.7 Å². The van der Waals surface area contributed by atoms with Gasteiger partial charge in [-0.25, -0.2) is 4.39 Å². The molecule has 0 bridgehead atoms. The summed E-state index contributed by atoms with van der Waals surface area (Å²) in [6.45, 7) is 0.399. The average molecular weight is 228 g/mol. The third kappa shape index (κ3) is 2.17. The Labute approximate surface area is 90.8 Å². The van der Waals surface area contributed by atoms with Gasteiger partial charge in [-0.3, -0.25) is 0 Å². The Balaban J connectivity index is 2.19. The molecular formula is C10H11FNO4+. The molecule has 2 atom stereocenters. The highest BCUT2D eigenvalue weighted by Gasteiger charge is 2.29. The van der Waals surface area contributed by atoms with Crippen molar-refractivity contribution in [1.82, 2.24) is 0 Å². The summed E-state index contributed by atoms with van der Waals surface area (Å²) in [7, 11) is 0. The van der Waals surface area contributed by atoms with Gasteiger partial charge in [-0.05, 0) is 6.07 Å². The number of ether oxygens (including phenoxy) is 2. The van der Waals surface area contributed by atoms with Gasteiger partial charge < -0.3 is 14.6 Å². The van der Waals surface area contributed by atoms with Crippen LogP contribution in [0.4, 0.5) is 10.1 Å². The molecule has 16 heavy (non-hydrogen) atoms. The standard InChI is InChI=1S/C10H10FNO4/c11-6-1-2-7(12-14)9(3-6)16-10-5-15-4-8(10)13/h1-3,8,10,13H,4-5H2/p+1/t8-,10+/m0/s1. The minimum absolute atomic E-state index is 0.0737. The first-order valence-electron chi connectivity index (χ1n) is 4.81. The van der Waals surface area contributed by atoms with Crippen LogP contribution in [0.1, 0.15) is 0 Å². The first-order valence-corrected chi connectivity index (χ1v) is 4.81. The van der Waals surface area contributed by atoms with Crippen LogP contribution < -0.4 is 9.91 Å². The summed E-state index contributed by atoms with van der Waals surface area (Å²) >= 11 is 0. The van der Waals surface area contributed by atoms with Gasteiger partial charge in [-0.1, -0.05) is 0 Å². The lowest BCUT2D eigenvalue weighted by Gasteiger charge is -2.14. The second kappa shape index (κ2) is 4.54. The van der Waals surface area contributed by atoms with Crippen molar-refractivity contribution in [3.05, 3.63) is 28.9 Å². The van der Waals surface area contributed by atoms with Crippen molar-refractivity contribution in [2.45, 2.75) is 12.2 Å². The predicted molar refractivity (Wildman–Crippen MR) is 51.6 cm³/mol. The van der Waals surface area contributed by atoms with Crippen molar-refractivity contribution in [3.8, 4) is 5.75 Å². The second-order valence-corrected chi connectivity index (χ2v) is 3.50. The van der Waals surface area contributed by atoms with Gasteiger partial charge >= 0.3 is 0 Å². The van der Waals surface area contributed by atoms with Crippen LogP contribution in [0.15, 0.2) is 18.2 Å². The highest BCUT2D eigenvalue weighted by atomic mass is 19.1. The molecule has 1 aromatic rings. The summed E-state index contributed by atoms with van der Waals surface area (Å²) < 4.78 is 23.2. The number of nitroso groups, excluding NO2 is 1. The molecule has 6 heteroatoms. The van der Waals surface area contributed by atoms with E-state index in [1.54, 1.807) is 5.18 Å². The van der Waals surface area contributed by atoms with Crippen molar-refractivity contribution in [1.29, 1.82) is 0 Å². The van der Waals surface area contributed by atoms with E-state index in [1.807, 2.05) is 0 Å². The first-order chi connectivity index (χ1) is 7.70.